The van der Waals surface area contributed by atoms with Crippen molar-refractivity contribution in [2.45, 2.75) is 32.0 Å². The number of benzene rings is 1. The summed E-state index contributed by atoms with van der Waals surface area (Å²) in [7, 11) is 0. The maximum absolute atomic E-state index is 8.77. The van der Waals surface area contributed by atoms with Crippen LogP contribution in [0.2, 0.25) is 0 Å². The minimum absolute atomic E-state index is 0.0767. The zero-order chi connectivity index (χ0) is 16.8. The zero-order valence-corrected chi connectivity index (χ0v) is 13.6. The van der Waals surface area contributed by atoms with Gasteiger partial charge in [0.05, 0.1) is 17.7 Å². The van der Waals surface area contributed by atoms with E-state index >= 15 is 0 Å². The van der Waals surface area contributed by atoms with Gasteiger partial charge in [0, 0.05) is 13.1 Å². The maximum atomic E-state index is 8.77. The molecule has 0 bridgehead atoms. The van der Waals surface area contributed by atoms with Gasteiger partial charge in [0.2, 0.25) is 0 Å². The summed E-state index contributed by atoms with van der Waals surface area (Å²) >= 11 is 0. The van der Waals surface area contributed by atoms with Crippen LogP contribution in [-0.4, -0.2) is 29.3 Å². The van der Waals surface area contributed by atoms with E-state index in [1.165, 1.54) is 0 Å². The Hall–Kier alpha value is -2.49. The van der Waals surface area contributed by atoms with E-state index in [2.05, 4.69) is 27.6 Å². The van der Waals surface area contributed by atoms with Crippen LogP contribution in [0.4, 0.5) is 0 Å². The molecule has 24 heavy (non-hydrogen) atoms. The van der Waals surface area contributed by atoms with Crippen molar-refractivity contribution in [2.24, 2.45) is 0 Å². The van der Waals surface area contributed by atoms with Gasteiger partial charge in [0.1, 0.15) is 6.10 Å². The predicted molar refractivity (Wildman–Crippen MR) is 88.9 cm³/mol. The number of rotatable bonds is 6. The van der Waals surface area contributed by atoms with E-state index in [1.54, 1.807) is 6.92 Å². The normalized spacial score (nSPS) is 20.5. The highest BCUT2D eigenvalue weighted by Gasteiger charge is 2.29. The molecular formula is C18H20N4O2. The lowest BCUT2D eigenvalue weighted by Gasteiger charge is -2.11. The summed E-state index contributed by atoms with van der Waals surface area (Å²) in [4.78, 5) is 4.23. The first kappa shape index (κ1) is 16.4. The standard InChI is InChI=1S/C18H20N4O2/c1-13-21-18(24-22-13)17-9-8-16(23-17)12-20-10-2-3-14-4-6-15(11-19)7-5-14/h2-7,16-17,20H,8-10,12H2,1H3/b3-2+/t16-,17+/m1/s1. The van der Waals surface area contributed by atoms with Gasteiger partial charge in [-0.3, -0.25) is 0 Å². The minimum Gasteiger partial charge on any atom is -0.364 e. The number of hydrogen-bond donors (Lipinski definition) is 1. The molecule has 1 aromatic heterocycles. The lowest BCUT2D eigenvalue weighted by atomic mass is 10.1. The van der Waals surface area contributed by atoms with Crippen molar-refractivity contribution in [3.05, 3.63) is 53.2 Å². The number of nitrogens with zero attached hydrogens (tertiary/aromatic N) is 3. The quantitative estimate of drug-likeness (QED) is 0.823. The number of hydrogen-bond acceptors (Lipinski definition) is 6. The van der Waals surface area contributed by atoms with Crippen LogP contribution in [0.1, 0.15) is 41.8 Å². The number of nitrogens with one attached hydrogen (secondary N) is 1. The molecule has 6 nitrogen and oxygen atoms in total. The number of aryl methyl sites for hydroxylation is 1. The van der Waals surface area contributed by atoms with Crippen LogP contribution >= 0.6 is 0 Å². The van der Waals surface area contributed by atoms with Crippen molar-refractivity contribution >= 4 is 6.08 Å². The second-order valence-corrected chi connectivity index (χ2v) is 5.80. The molecule has 2 atom stereocenters. The molecule has 0 amide bonds. The van der Waals surface area contributed by atoms with Gasteiger partial charge in [-0.15, -0.1) is 0 Å². The molecule has 1 aromatic carbocycles. The van der Waals surface area contributed by atoms with Gasteiger partial charge in [-0.2, -0.15) is 10.2 Å². The third-order valence-corrected chi connectivity index (χ3v) is 3.91. The molecule has 0 unspecified atom stereocenters. The Morgan fingerprint density at radius 1 is 1.33 bits per heavy atom. The molecule has 1 saturated heterocycles. The van der Waals surface area contributed by atoms with Crippen LogP contribution in [0, 0.1) is 18.3 Å². The van der Waals surface area contributed by atoms with Crippen molar-refractivity contribution in [2.75, 3.05) is 13.1 Å². The van der Waals surface area contributed by atoms with Crippen LogP contribution in [0.15, 0.2) is 34.9 Å². The lowest BCUT2D eigenvalue weighted by molar-refractivity contribution is 0.0270. The summed E-state index contributed by atoms with van der Waals surface area (Å²) in [6.07, 6.45) is 6.09. The molecule has 0 saturated carbocycles. The molecule has 1 aliphatic heterocycles. The third kappa shape index (κ3) is 4.28. The molecule has 6 heteroatoms. The van der Waals surface area contributed by atoms with Crippen molar-refractivity contribution in [3.8, 4) is 6.07 Å². The highest BCUT2D eigenvalue weighted by atomic mass is 16.5. The Morgan fingerprint density at radius 2 is 2.17 bits per heavy atom. The van der Waals surface area contributed by atoms with Gasteiger partial charge in [-0.25, -0.2) is 0 Å². The van der Waals surface area contributed by atoms with Gasteiger partial charge in [0.25, 0.3) is 5.89 Å². The fraction of sp³-hybridized carbons (Fsp3) is 0.389. The van der Waals surface area contributed by atoms with Gasteiger partial charge in [-0.05, 0) is 37.5 Å². The molecule has 0 aliphatic carbocycles. The van der Waals surface area contributed by atoms with Gasteiger partial charge >= 0.3 is 0 Å². The first-order valence-corrected chi connectivity index (χ1v) is 8.07. The van der Waals surface area contributed by atoms with Crippen molar-refractivity contribution in [1.82, 2.24) is 15.5 Å². The fourth-order valence-electron chi connectivity index (χ4n) is 2.67. The predicted octanol–water partition coefficient (Wildman–Crippen LogP) is 2.77. The fourth-order valence-corrected chi connectivity index (χ4v) is 2.67. The monoisotopic (exact) mass is 324 g/mol. The van der Waals surface area contributed by atoms with Crippen LogP contribution < -0.4 is 5.32 Å². The van der Waals surface area contributed by atoms with E-state index in [0.717, 1.165) is 31.5 Å². The Balaban J connectivity index is 1.38. The first-order valence-electron chi connectivity index (χ1n) is 8.07. The smallest absolute Gasteiger partial charge is 0.255 e. The average Bonchev–Trinajstić information content (AvgIpc) is 3.24. The molecule has 1 aliphatic rings. The molecule has 2 heterocycles. The highest BCUT2D eigenvalue weighted by Crippen LogP contribution is 2.31. The summed E-state index contributed by atoms with van der Waals surface area (Å²) in [6, 6.07) is 9.62. The van der Waals surface area contributed by atoms with Crippen LogP contribution in [0.25, 0.3) is 6.08 Å². The molecule has 0 radical (unpaired) electrons. The minimum atomic E-state index is -0.0767. The van der Waals surface area contributed by atoms with E-state index in [4.69, 9.17) is 14.5 Å². The third-order valence-electron chi connectivity index (χ3n) is 3.91. The highest BCUT2D eigenvalue weighted by molar-refractivity contribution is 5.51. The largest absolute Gasteiger partial charge is 0.364 e. The van der Waals surface area contributed by atoms with Crippen molar-refractivity contribution < 1.29 is 9.26 Å². The summed E-state index contributed by atoms with van der Waals surface area (Å²) in [5, 5.41) is 15.9. The summed E-state index contributed by atoms with van der Waals surface area (Å²) < 4.78 is 11.1. The second kappa shape index (κ2) is 7.86. The van der Waals surface area contributed by atoms with E-state index < -0.39 is 0 Å². The Bertz CT molecular complexity index is 730. The first-order chi connectivity index (χ1) is 11.7. The Kier molecular flexibility index (Phi) is 5.36. The van der Waals surface area contributed by atoms with Crippen LogP contribution in [0.5, 0.6) is 0 Å². The summed E-state index contributed by atoms with van der Waals surface area (Å²) in [5.74, 6) is 1.22. The average molecular weight is 324 g/mol. The zero-order valence-electron chi connectivity index (χ0n) is 13.6. The van der Waals surface area contributed by atoms with Crippen LogP contribution in [-0.2, 0) is 4.74 Å². The van der Waals surface area contributed by atoms with Crippen molar-refractivity contribution in [3.63, 3.8) is 0 Å². The molecule has 1 N–H and O–H groups in total. The van der Waals surface area contributed by atoms with Gasteiger partial charge in [-0.1, -0.05) is 29.4 Å². The number of ether oxygens (including phenoxy) is 1. The van der Waals surface area contributed by atoms with E-state index in [-0.39, 0.29) is 12.2 Å². The molecule has 0 spiro atoms. The molecule has 124 valence electrons. The number of nitriles is 1. The molecule has 1 fully saturated rings. The van der Waals surface area contributed by atoms with E-state index in [9.17, 15) is 0 Å². The summed E-state index contributed by atoms with van der Waals surface area (Å²) in [6.45, 7) is 3.37. The van der Waals surface area contributed by atoms with Crippen LogP contribution in [0.3, 0.4) is 0 Å². The van der Waals surface area contributed by atoms with Gasteiger partial charge in [0.15, 0.2) is 5.82 Å². The Morgan fingerprint density at radius 3 is 2.88 bits per heavy atom. The van der Waals surface area contributed by atoms with E-state index in [1.807, 2.05) is 30.3 Å². The topological polar surface area (TPSA) is 84.0 Å². The second-order valence-electron chi connectivity index (χ2n) is 5.80. The van der Waals surface area contributed by atoms with E-state index in [0.29, 0.717) is 17.3 Å². The lowest BCUT2D eigenvalue weighted by Crippen LogP contribution is -2.26. The Labute approximate surface area is 141 Å². The maximum Gasteiger partial charge on any atom is 0.255 e. The molecule has 2 aromatic rings. The summed E-state index contributed by atoms with van der Waals surface area (Å²) in [5.41, 5.74) is 1.76. The molecular weight excluding hydrogens is 304 g/mol. The van der Waals surface area contributed by atoms with Crippen molar-refractivity contribution in [1.29, 1.82) is 5.26 Å². The van der Waals surface area contributed by atoms with Gasteiger partial charge < -0.3 is 14.6 Å². The number of aromatic nitrogens is 2. The SMILES string of the molecule is Cc1noc([C@@H]2CC[C@H](CNC/C=C/c3ccc(C#N)cc3)O2)n1. The molecule has 3 rings (SSSR count).